The highest BCUT2D eigenvalue weighted by Gasteiger charge is 2.09. The maximum absolute atomic E-state index is 2.28. The fourth-order valence-corrected chi connectivity index (χ4v) is 2.08. The molecule has 0 spiro atoms. The van der Waals surface area contributed by atoms with Crippen molar-refractivity contribution < 1.29 is 0 Å². The van der Waals surface area contributed by atoms with Gasteiger partial charge in [-0.1, -0.05) is 60.6 Å². The van der Waals surface area contributed by atoms with Gasteiger partial charge in [0.25, 0.3) is 0 Å². The monoisotopic (exact) mass is 250 g/mol. The Kier molecular flexibility index (Phi) is 4.21. The zero-order valence-corrected chi connectivity index (χ0v) is 12.3. The third-order valence-corrected chi connectivity index (χ3v) is 3.63. The molecular formula is C19H22. The van der Waals surface area contributed by atoms with E-state index in [2.05, 4.69) is 76.3 Å². The number of benzene rings is 1. The van der Waals surface area contributed by atoms with Gasteiger partial charge in [-0.25, -0.2) is 0 Å². The van der Waals surface area contributed by atoms with E-state index in [0.717, 1.165) is 6.42 Å². The lowest BCUT2D eigenvalue weighted by atomic mass is 10.1. The van der Waals surface area contributed by atoms with E-state index in [1.165, 1.54) is 33.4 Å². The smallest absolute Gasteiger partial charge is 0.0175 e. The fraction of sp³-hybridized carbons (Fsp3) is 0.263. The van der Waals surface area contributed by atoms with Crippen molar-refractivity contribution in [1.82, 2.24) is 0 Å². The van der Waals surface area contributed by atoms with Gasteiger partial charge in [0.2, 0.25) is 0 Å². The van der Waals surface area contributed by atoms with Crippen molar-refractivity contribution in [2.45, 2.75) is 34.1 Å². The van der Waals surface area contributed by atoms with E-state index in [1.54, 1.807) is 0 Å². The van der Waals surface area contributed by atoms with Crippen LogP contribution < -0.4 is 0 Å². The van der Waals surface area contributed by atoms with E-state index in [4.69, 9.17) is 0 Å². The van der Waals surface area contributed by atoms with E-state index in [9.17, 15) is 0 Å². The first-order chi connectivity index (χ1) is 9.10. The van der Waals surface area contributed by atoms with Gasteiger partial charge in [-0.3, -0.25) is 0 Å². The van der Waals surface area contributed by atoms with Crippen molar-refractivity contribution in [1.29, 1.82) is 0 Å². The standard InChI is InChI=1S/C19H22/c1-5-14(2)6-11-18-13-19(12-16(18)4)17-9-7-15(3)8-10-17/h6-13H,5H2,1-4H3/b14-6-,18-11-. The lowest BCUT2D eigenvalue weighted by Gasteiger charge is -1.99. The van der Waals surface area contributed by atoms with Crippen molar-refractivity contribution in [3.05, 3.63) is 76.4 Å². The van der Waals surface area contributed by atoms with Crippen molar-refractivity contribution >= 4 is 5.57 Å². The molecule has 1 aliphatic rings. The van der Waals surface area contributed by atoms with Crippen LogP contribution in [0, 0.1) is 6.92 Å². The molecule has 0 radical (unpaired) electrons. The molecule has 0 atom stereocenters. The maximum Gasteiger partial charge on any atom is -0.0175 e. The third-order valence-electron chi connectivity index (χ3n) is 3.63. The minimum atomic E-state index is 1.11. The van der Waals surface area contributed by atoms with Crippen LogP contribution in [-0.2, 0) is 0 Å². The number of allylic oxidation sites excluding steroid dienone is 8. The summed E-state index contributed by atoms with van der Waals surface area (Å²) in [6.45, 7) is 8.67. The van der Waals surface area contributed by atoms with Gasteiger partial charge in [0.05, 0.1) is 0 Å². The van der Waals surface area contributed by atoms with Gasteiger partial charge in [0, 0.05) is 0 Å². The molecule has 1 aromatic rings. The van der Waals surface area contributed by atoms with Crippen LogP contribution in [0.4, 0.5) is 0 Å². The van der Waals surface area contributed by atoms with Crippen LogP contribution in [0.3, 0.4) is 0 Å². The minimum absolute atomic E-state index is 1.11. The molecule has 0 fully saturated rings. The first kappa shape index (κ1) is 13.6. The summed E-state index contributed by atoms with van der Waals surface area (Å²) in [5, 5.41) is 0. The Balaban J connectivity index is 2.28. The predicted octanol–water partition coefficient (Wildman–Crippen LogP) is 5.62. The van der Waals surface area contributed by atoms with Gasteiger partial charge >= 0.3 is 0 Å². The second-order valence-corrected chi connectivity index (χ2v) is 5.28. The number of hydrogen-bond acceptors (Lipinski definition) is 0. The van der Waals surface area contributed by atoms with E-state index in [-0.39, 0.29) is 0 Å². The average molecular weight is 250 g/mol. The van der Waals surface area contributed by atoms with Gasteiger partial charge < -0.3 is 0 Å². The van der Waals surface area contributed by atoms with Crippen LogP contribution in [0.5, 0.6) is 0 Å². The molecule has 2 rings (SSSR count). The van der Waals surface area contributed by atoms with E-state index >= 15 is 0 Å². The van der Waals surface area contributed by atoms with Gasteiger partial charge in [0.15, 0.2) is 0 Å². The molecular weight excluding hydrogens is 228 g/mol. The summed E-state index contributed by atoms with van der Waals surface area (Å²) >= 11 is 0. The number of rotatable bonds is 3. The van der Waals surface area contributed by atoms with Gasteiger partial charge in [-0.05, 0) is 55.6 Å². The van der Waals surface area contributed by atoms with Crippen molar-refractivity contribution in [2.75, 3.05) is 0 Å². The molecule has 0 saturated heterocycles. The summed E-state index contributed by atoms with van der Waals surface area (Å²) in [6.07, 6.45) is 10.1. The molecule has 0 unspecified atom stereocenters. The Bertz CT molecular complexity index is 575. The SMILES string of the molecule is CC/C(C)=C\C=C1\C=C(c2ccc(C)cc2)C=C1C. The molecule has 19 heavy (non-hydrogen) atoms. The van der Waals surface area contributed by atoms with E-state index in [0.29, 0.717) is 0 Å². The third kappa shape index (κ3) is 3.35. The van der Waals surface area contributed by atoms with Crippen LogP contribution in [-0.4, -0.2) is 0 Å². The maximum atomic E-state index is 2.28. The van der Waals surface area contributed by atoms with Gasteiger partial charge in [-0.2, -0.15) is 0 Å². The van der Waals surface area contributed by atoms with Crippen LogP contribution in [0.25, 0.3) is 5.57 Å². The molecule has 0 aromatic heterocycles. The summed E-state index contributed by atoms with van der Waals surface area (Å²) in [5.41, 5.74) is 7.99. The summed E-state index contributed by atoms with van der Waals surface area (Å²) in [6, 6.07) is 8.73. The Morgan fingerprint density at radius 1 is 1.05 bits per heavy atom. The number of aryl methyl sites for hydroxylation is 1. The zero-order valence-electron chi connectivity index (χ0n) is 12.3. The largest absolute Gasteiger partial charge is 0.0736 e. The lowest BCUT2D eigenvalue weighted by molar-refractivity contribution is 1.10. The zero-order chi connectivity index (χ0) is 13.8. The van der Waals surface area contributed by atoms with Gasteiger partial charge in [-0.15, -0.1) is 0 Å². The van der Waals surface area contributed by atoms with Gasteiger partial charge in [0.1, 0.15) is 0 Å². The van der Waals surface area contributed by atoms with Crippen LogP contribution in [0.2, 0.25) is 0 Å². The highest BCUT2D eigenvalue weighted by atomic mass is 14.1. The van der Waals surface area contributed by atoms with Crippen LogP contribution in [0.1, 0.15) is 38.3 Å². The van der Waals surface area contributed by atoms with E-state index in [1.807, 2.05) is 0 Å². The lowest BCUT2D eigenvalue weighted by Crippen LogP contribution is -1.79. The summed E-state index contributed by atoms with van der Waals surface area (Å²) in [5.74, 6) is 0. The minimum Gasteiger partial charge on any atom is -0.0736 e. The molecule has 0 nitrogen and oxygen atoms in total. The van der Waals surface area contributed by atoms with Crippen LogP contribution in [0.15, 0.2) is 65.3 Å². The van der Waals surface area contributed by atoms with Crippen molar-refractivity contribution in [2.24, 2.45) is 0 Å². The highest BCUT2D eigenvalue weighted by molar-refractivity contribution is 5.83. The van der Waals surface area contributed by atoms with Crippen LogP contribution >= 0.6 is 0 Å². The molecule has 0 heteroatoms. The molecule has 0 aliphatic heterocycles. The van der Waals surface area contributed by atoms with Crippen molar-refractivity contribution in [3.8, 4) is 0 Å². The molecule has 1 aromatic carbocycles. The molecule has 0 saturated carbocycles. The molecule has 0 bridgehead atoms. The molecule has 0 heterocycles. The Hall–Kier alpha value is -1.82. The average Bonchev–Trinajstić information content (AvgIpc) is 2.78. The summed E-state index contributed by atoms with van der Waals surface area (Å²) < 4.78 is 0. The molecule has 0 amide bonds. The first-order valence-corrected chi connectivity index (χ1v) is 6.95. The normalized spacial score (nSPS) is 17.7. The molecule has 98 valence electrons. The Morgan fingerprint density at radius 2 is 1.74 bits per heavy atom. The Labute approximate surface area is 116 Å². The molecule has 0 N–H and O–H groups in total. The second kappa shape index (κ2) is 5.88. The topological polar surface area (TPSA) is 0 Å². The second-order valence-electron chi connectivity index (χ2n) is 5.28. The quantitative estimate of drug-likeness (QED) is 0.653. The summed E-state index contributed by atoms with van der Waals surface area (Å²) in [7, 11) is 0. The Morgan fingerprint density at radius 3 is 2.37 bits per heavy atom. The van der Waals surface area contributed by atoms with Crippen molar-refractivity contribution in [3.63, 3.8) is 0 Å². The highest BCUT2D eigenvalue weighted by Crippen LogP contribution is 2.30. The number of hydrogen-bond donors (Lipinski definition) is 0. The summed E-state index contributed by atoms with van der Waals surface area (Å²) in [4.78, 5) is 0. The predicted molar refractivity (Wildman–Crippen MR) is 85.0 cm³/mol. The fourth-order valence-electron chi connectivity index (χ4n) is 2.08. The molecule has 1 aliphatic carbocycles. The van der Waals surface area contributed by atoms with E-state index < -0.39 is 0 Å². The first-order valence-electron chi connectivity index (χ1n) is 6.95.